The largest absolute Gasteiger partial charge is 0.494 e. The molecule has 0 aromatic heterocycles. The van der Waals surface area contributed by atoms with Crippen LogP contribution in [0.15, 0.2) is 18.2 Å². The van der Waals surface area contributed by atoms with Gasteiger partial charge in [-0.1, -0.05) is 0 Å². The van der Waals surface area contributed by atoms with Gasteiger partial charge in [-0.05, 0) is 65.5 Å². The first-order valence-corrected chi connectivity index (χ1v) is 7.84. The van der Waals surface area contributed by atoms with Gasteiger partial charge in [-0.3, -0.25) is 0 Å². The molecule has 0 atom stereocenters. The summed E-state index contributed by atoms with van der Waals surface area (Å²) in [7, 11) is 6.57. The molecule has 1 saturated carbocycles. The predicted octanol–water partition coefficient (Wildman–Crippen LogP) is 2.58. The molecular formula is C17H29N3O. The van der Waals surface area contributed by atoms with Crippen LogP contribution in [0.5, 0.6) is 5.75 Å². The van der Waals surface area contributed by atoms with Gasteiger partial charge in [0.15, 0.2) is 0 Å². The number of anilines is 1. The fourth-order valence-electron chi connectivity index (χ4n) is 3.20. The highest BCUT2D eigenvalue weighted by molar-refractivity contribution is 5.47. The van der Waals surface area contributed by atoms with E-state index < -0.39 is 0 Å². The van der Waals surface area contributed by atoms with Crippen molar-refractivity contribution in [3.8, 4) is 5.75 Å². The quantitative estimate of drug-likeness (QED) is 0.784. The van der Waals surface area contributed by atoms with Crippen LogP contribution in [-0.2, 0) is 6.54 Å². The summed E-state index contributed by atoms with van der Waals surface area (Å²) in [5.74, 6) is 0.950. The van der Waals surface area contributed by atoms with Crippen LogP contribution in [0.3, 0.4) is 0 Å². The number of likely N-dealkylation sites (N-methyl/N-ethyl adjacent to an activating group) is 2. The predicted molar refractivity (Wildman–Crippen MR) is 88.6 cm³/mol. The van der Waals surface area contributed by atoms with Crippen LogP contribution in [0, 0.1) is 0 Å². The van der Waals surface area contributed by atoms with Gasteiger partial charge in [0.05, 0.1) is 6.61 Å². The van der Waals surface area contributed by atoms with E-state index in [1.165, 1.54) is 24.8 Å². The lowest BCUT2D eigenvalue weighted by atomic mass is 9.75. The molecule has 1 aromatic rings. The smallest absolute Gasteiger partial charge is 0.123 e. The molecule has 0 heterocycles. The number of nitrogen functional groups attached to an aromatic ring is 1. The van der Waals surface area contributed by atoms with Crippen molar-refractivity contribution in [3.63, 3.8) is 0 Å². The fraction of sp³-hybridized carbons (Fsp3) is 0.647. The summed E-state index contributed by atoms with van der Waals surface area (Å²) in [5.41, 5.74) is 8.25. The minimum absolute atomic E-state index is 0.348. The SMILES string of the molecule is CCOc1ccc(N)cc1CN(C)CC1(N(C)C)CCC1. The minimum Gasteiger partial charge on any atom is -0.494 e. The zero-order valence-electron chi connectivity index (χ0n) is 13.9. The second-order valence-electron chi connectivity index (χ2n) is 6.44. The first-order valence-electron chi connectivity index (χ1n) is 7.84. The second-order valence-corrected chi connectivity index (χ2v) is 6.44. The number of hydrogen-bond acceptors (Lipinski definition) is 4. The van der Waals surface area contributed by atoms with E-state index in [2.05, 4.69) is 30.9 Å². The summed E-state index contributed by atoms with van der Waals surface area (Å²) in [6, 6.07) is 5.92. The van der Waals surface area contributed by atoms with Crippen molar-refractivity contribution in [2.75, 3.05) is 40.0 Å². The van der Waals surface area contributed by atoms with Gasteiger partial charge in [-0.15, -0.1) is 0 Å². The summed E-state index contributed by atoms with van der Waals surface area (Å²) in [6.45, 7) is 4.65. The molecule has 4 heteroatoms. The van der Waals surface area contributed by atoms with Crippen molar-refractivity contribution in [3.05, 3.63) is 23.8 Å². The van der Waals surface area contributed by atoms with E-state index in [0.29, 0.717) is 12.1 Å². The van der Waals surface area contributed by atoms with Crippen LogP contribution in [-0.4, -0.2) is 49.6 Å². The lowest BCUT2D eigenvalue weighted by Crippen LogP contribution is -2.56. The molecule has 0 saturated heterocycles. The molecule has 0 radical (unpaired) electrons. The molecule has 0 aliphatic heterocycles. The van der Waals surface area contributed by atoms with Gasteiger partial charge in [0.25, 0.3) is 0 Å². The van der Waals surface area contributed by atoms with Crippen molar-refractivity contribution >= 4 is 5.69 Å². The average molecular weight is 291 g/mol. The third-order valence-corrected chi connectivity index (χ3v) is 4.62. The van der Waals surface area contributed by atoms with Crippen molar-refractivity contribution in [2.45, 2.75) is 38.3 Å². The summed E-state index contributed by atoms with van der Waals surface area (Å²) in [4.78, 5) is 4.77. The van der Waals surface area contributed by atoms with E-state index in [9.17, 15) is 0 Å². The lowest BCUT2D eigenvalue weighted by Gasteiger charge is -2.49. The Hall–Kier alpha value is -1.26. The molecule has 0 bridgehead atoms. The van der Waals surface area contributed by atoms with Gasteiger partial charge < -0.3 is 20.3 Å². The molecule has 118 valence electrons. The summed E-state index contributed by atoms with van der Waals surface area (Å²) >= 11 is 0. The van der Waals surface area contributed by atoms with Crippen LogP contribution in [0.2, 0.25) is 0 Å². The Morgan fingerprint density at radius 2 is 1.95 bits per heavy atom. The molecule has 0 spiro atoms. The number of nitrogens with two attached hydrogens (primary N) is 1. The minimum atomic E-state index is 0.348. The zero-order valence-corrected chi connectivity index (χ0v) is 13.9. The topological polar surface area (TPSA) is 41.7 Å². The van der Waals surface area contributed by atoms with E-state index in [0.717, 1.165) is 24.5 Å². The van der Waals surface area contributed by atoms with Crippen LogP contribution in [0.1, 0.15) is 31.7 Å². The third kappa shape index (κ3) is 3.69. The third-order valence-electron chi connectivity index (χ3n) is 4.62. The molecule has 21 heavy (non-hydrogen) atoms. The zero-order chi connectivity index (χ0) is 15.5. The fourth-order valence-corrected chi connectivity index (χ4v) is 3.20. The van der Waals surface area contributed by atoms with E-state index in [4.69, 9.17) is 10.5 Å². The van der Waals surface area contributed by atoms with Crippen molar-refractivity contribution < 1.29 is 4.74 Å². The molecule has 1 fully saturated rings. The maximum Gasteiger partial charge on any atom is 0.123 e. The molecule has 2 rings (SSSR count). The highest BCUT2D eigenvalue weighted by Crippen LogP contribution is 2.37. The molecule has 0 unspecified atom stereocenters. The Morgan fingerprint density at radius 3 is 2.48 bits per heavy atom. The van der Waals surface area contributed by atoms with Gasteiger partial charge in [-0.25, -0.2) is 0 Å². The summed E-state index contributed by atoms with van der Waals surface area (Å²) in [6.07, 6.45) is 3.92. The molecule has 1 aliphatic carbocycles. The Balaban J connectivity index is 2.05. The maximum atomic E-state index is 5.93. The number of ether oxygens (including phenoxy) is 1. The first-order chi connectivity index (χ1) is 9.97. The van der Waals surface area contributed by atoms with Crippen LogP contribution < -0.4 is 10.5 Å². The van der Waals surface area contributed by atoms with Crippen LogP contribution in [0.4, 0.5) is 5.69 Å². The molecular weight excluding hydrogens is 262 g/mol. The normalized spacial score (nSPS) is 17.0. The Bertz CT molecular complexity index is 469. The molecule has 1 aromatic carbocycles. The summed E-state index contributed by atoms with van der Waals surface area (Å²) < 4.78 is 5.72. The van der Waals surface area contributed by atoms with Gasteiger partial charge in [0.2, 0.25) is 0 Å². The lowest BCUT2D eigenvalue weighted by molar-refractivity contribution is 0.0257. The van der Waals surface area contributed by atoms with Gasteiger partial charge in [-0.2, -0.15) is 0 Å². The molecule has 2 N–H and O–H groups in total. The number of hydrogen-bond donors (Lipinski definition) is 1. The average Bonchev–Trinajstić information content (AvgIpc) is 2.37. The van der Waals surface area contributed by atoms with Gasteiger partial charge in [0.1, 0.15) is 5.75 Å². The van der Waals surface area contributed by atoms with E-state index in [-0.39, 0.29) is 0 Å². The number of nitrogens with zero attached hydrogens (tertiary/aromatic N) is 2. The molecule has 1 aliphatic rings. The Morgan fingerprint density at radius 1 is 1.24 bits per heavy atom. The van der Waals surface area contributed by atoms with E-state index >= 15 is 0 Å². The number of rotatable bonds is 7. The summed E-state index contributed by atoms with van der Waals surface area (Å²) in [5, 5.41) is 0. The van der Waals surface area contributed by atoms with Gasteiger partial charge >= 0.3 is 0 Å². The highest BCUT2D eigenvalue weighted by atomic mass is 16.5. The maximum absolute atomic E-state index is 5.93. The van der Waals surface area contributed by atoms with Crippen molar-refractivity contribution in [1.29, 1.82) is 0 Å². The second kappa shape index (κ2) is 6.67. The Labute approximate surface area is 128 Å². The standard InChI is InChI=1S/C17H29N3O/c1-5-21-16-8-7-15(18)11-14(16)12-20(4)13-17(19(2)3)9-6-10-17/h7-8,11H,5-6,9-10,12-13,18H2,1-4H3. The number of benzene rings is 1. The van der Waals surface area contributed by atoms with Crippen molar-refractivity contribution in [2.24, 2.45) is 0 Å². The van der Waals surface area contributed by atoms with E-state index in [1.807, 2.05) is 25.1 Å². The monoisotopic (exact) mass is 291 g/mol. The Kier molecular flexibility index (Phi) is 5.12. The highest BCUT2D eigenvalue weighted by Gasteiger charge is 2.39. The molecule has 0 amide bonds. The van der Waals surface area contributed by atoms with Gasteiger partial charge in [0, 0.05) is 29.9 Å². The van der Waals surface area contributed by atoms with E-state index in [1.54, 1.807) is 0 Å². The first kappa shape index (κ1) is 16.1. The van der Waals surface area contributed by atoms with Crippen LogP contribution in [0.25, 0.3) is 0 Å². The molecule has 4 nitrogen and oxygen atoms in total. The van der Waals surface area contributed by atoms with Crippen LogP contribution >= 0.6 is 0 Å². The van der Waals surface area contributed by atoms with Crippen molar-refractivity contribution in [1.82, 2.24) is 9.80 Å².